The summed E-state index contributed by atoms with van der Waals surface area (Å²) in [5.41, 5.74) is 6.79. The first-order valence-corrected chi connectivity index (χ1v) is 11.5. The third-order valence-electron chi connectivity index (χ3n) is 6.53. The van der Waals surface area contributed by atoms with Crippen LogP contribution >= 0.6 is 0 Å². The maximum atomic E-state index is 14.7. The van der Waals surface area contributed by atoms with E-state index in [0.717, 1.165) is 0 Å². The summed E-state index contributed by atoms with van der Waals surface area (Å²) >= 11 is 0. The molecule has 0 unspecified atom stereocenters. The van der Waals surface area contributed by atoms with E-state index >= 15 is 0 Å². The number of amides is 2. The molecule has 0 spiro atoms. The zero-order valence-corrected chi connectivity index (χ0v) is 19.6. The van der Waals surface area contributed by atoms with Crippen LogP contribution < -0.4 is 20.1 Å². The molecule has 0 aliphatic carbocycles. The van der Waals surface area contributed by atoms with Crippen molar-refractivity contribution in [2.24, 2.45) is 5.73 Å². The molecule has 1 saturated heterocycles. The summed E-state index contributed by atoms with van der Waals surface area (Å²) in [5, 5.41) is 11.0. The molecule has 0 saturated carbocycles. The average molecular weight is 496 g/mol. The average Bonchev–Trinajstić information content (AvgIpc) is 2.88. The fourth-order valence-corrected chi connectivity index (χ4v) is 4.72. The molecule has 5 heterocycles. The molecule has 2 atom stereocenters. The van der Waals surface area contributed by atoms with Gasteiger partial charge in [-0.2, -0.15) is 0 Å². The Morgan fingerprint density at radius 3 is 2.89 bits per heavy atom. The highest BCUT2D eigenvalue weighted by atomic mass is 19.1. The number of methoxy groups -OCH3 is 1. The van der Waals surface area contributed by atoms with Gasteiger partial charge in [0.25, 0.3) is 11.8 Å². The summed E-state index contributed by atoms with van der Waals surface area (Å²) < 4.78 is 25.3. The predicted octanol–water partition coefficient (Wildman–Crippen LogP) is 0.675. The Kier molecular flexibility index (Phi) is 6.37. The molecule has 3 N–H and O–H groups in total. The minimum absolute atomic E-state index is 0.000759. The SMILES string of the molecule is COc1ccc2ncc(F)c(CCN3CC[C@@H](N4C(=O)COc5ccc(C(N)=O)nc54)[C@H](O)C3)c2n1. The van der Waals surface area contributed by atoms with Crippen molar-refractivity contribution in [3.8, 4) is 11.6 Å². The van der Waals surface area contributed by atoms with Gasteiger partial charge in [0.15, 0.2) is 18.2 Å². The monoisotopic (exact) mass is 496 g/mol. The van der Waals surface area contributed by atoms with Crippen molar-refractivity contribution in [2.45, 2.75) is 25.0 Å². The molecule has 11 nitrogen and oxygen atoms in total. The van der Waals surface area contributed by atoms with Crippen molar-refractivity contribution in [3.63, 3.8) is 0 Å². The number of aliphatic hydroxyl groups is 1. The molecule has 0 radical (unpaired) electrons. The molecular weight excluding hydrogens is 471 g/mol. The maximum Gasteiger partial charge on any atom is 0.267 e. The maximum absolute atomic E-state index is 14.7. The van der Waals surface area contributed by atoms with Gasteiger partial charge >= 0.3 is 0 Å². The van der Waals surface area contributed by atoms with Gasteiger partial charge in [-0.15, -0.1) is 0 Å². The van der Waals surface area contributed by atoms with Crippen LogP contribution in [0.2, 0.25) is 0 Å². The number of ether oxygens (including phenoxy) is 2. The van der Waals surface area contributed by atoms with Gasteiger partial charge in [-0.25, -0.2) is 14.4 Å². The molecule has 2 aliphatic rings. The standard InChI is InChI=1S/C24H25FN6O5/c1-35-20-5-3-15-22(29-20)13(14(25)10-27-15)6-8-30-9-7-17(18(32)11-30)31-21(33)12-36-19-4-2-16(23(26)34)28-24(19)31/h2-5,10,17-18,32H,6-9,11-12H2,1H3,(H2,26,34)/t17-,18-/m1/s1. The molecule has 0 aromatic carbocycles. The van der Waals surface area contributed by atoms with E-state index in [9.17, 15) is 19.1 Å². The second kappa shape index (κ2) is 9.63. The fraction of sp³-hybridized carbons (Fsp3) is 0.375. The van der Waals surface area contributed by atoms with E-state index in [1.807, 2.05) is 4.90 Å². The molecule has 5 rings (SSSR count). The zero-order valence-electron chi connectivity index (χ0n) is 19.6. The number of hydrogen-bond donors (Lipinski definition) is 2. The van der Waals surface area contributed by atoms with Crippen molar-refractivity contribution in [2.75, 3.05) is 38.3 Å². The molecule has 36 heavy (non-hydrogen) atoms. The molecule has 3 aromatic rings. The van der Waals surface area contributed by atoms with Crippen LogP contribution in [0.1, 0.15) is 22.5 Å². The number of halogens is 1. The number of carbonyl (C=O) groups excluding carboxylic acids is 2. The lowest BCUT2D eigenvalue weighted by molar-refractivity contribution is -0.123. The van der Waals surface area contributed by atoms with Crippen molar-refractivity contribution >= 4 is 28.7 Å². The van der Waals surface area contributed by atoms with Gasteiger partial charge in [0, 0.05) is 31.3 Å². The van der Waals surface area contributed by atoms with Crippen molar-refractivity contribution < 1.29 is 28.6 Å². The molecule has 1 fully saturated rings. The molecule has 2 amide bonds. The minimum atomic E-state index is -0.898. The van der Waals surface area contributed by atoms with Crippen LogP contribution in [0.3, 0.4) is 0 Å². The highest BCUT2D eigenvalue weighted by Crippen LogP contribution is 2.34. The largest absolute Gasteiger partial charge is 0.481 e. The molecule has 188 valence electrons. The molecule has 12 heteroatoms. The Morgan fingerprint density at radius 2 is 2.14 bits per heavy atom. The number of β-amino-alcohol motifs (C(OH)–C–C–N with tert-alkyl or cyclic N) is 1. The summed E-state index contributed by atoms with van der Waals surface area (Å²) in [6.45, 7) is 1.10. The minimum Gasteiger partial charge on any atom is -0.481 e. The number of aromatic nitrogens is 3. The number of nitrogens with zero attached hydrogens (tertiary/aromatic N) is 5. The number of fused-ring (bicyclic) bond motifs is 2. The van der Waals surface area contributed by atoms with Crippen molar-refractivity contribution in [1.29, 1.82) is 0 Å². The van der Waals surface area contributed by atoms with Crippen LogP contribution in [0.5, 0.6) is 11.6 Å². The summed E-state index contributed by atoms with van der Waals surface area (Å²) in [4.78, 5) is 40.4. The number of pyridine rings is 3. The van der Waals surface area contributed by atoms with Crippen LogP contribution in [0.4, 0.5) is 10.2 Å². The van der Waals surface area contributed by atoms with Crippen molar-refractivity contribution in [3.05, 3.63) is 47.5 Å². The van der Waals surface area contributed by atoms with Crippen LogP contribution in [-0.2, 0) is 11.2 Å². The second-order valence-corrected chi connectivity index (χ2v) is 8.71. The number of primary amides is 1. The van der Waals surface area contributed by atoms with E-state index in [4.69, 9.17) is 15.2 Å². The number of piperidine rings is 1. The summed E-state index contributed by atoms with van der Waals surface area (Å²) in [7, 11) is 1.49. The van der Waals surface area contributed by atoms with E-state index in [2.05, 4.69) is 15.0 Å². The van der Waals surface area contributed by atoms with Crippen LogP contribution in [0, 0.1) is 5.82 Å². The Bertz CT molecular complexity index is 1340. The number of aliphatic hydroxyl groups excluding tert-OH is 1. The Labute approximate surface area is 205 Å². The predicted molar refractivity (Wildman–Crippen MR) is 126 cm³/mol. The quantitative estimate of drug-likeness (QED) is 0.503. The Balaban J connectivity index is 1.31. The number of nitrogens with two attached hydrogens (primary N) is 1. The third-order valence-corrected chi connectivity index (χ3v) is 6.53. The van der Waals surface area contributed by atoms with E-state index in [0.29, 0.717) is 54.2 Å². The number of anilines is 1. The second-order valence-electron chi connectivity index (χ2n) is 8.71. The lowest BCUT2D eigenvalue weighted by Crippen LogP contribution is -2.58. The van der Waals surface area contributed by atoms with Gasteiger partial charge in [0.1, 0.15) is 11.5 Å². The summed E-state index contributed by atoms with van der Waals surface area (Å²) in [6.07, 6.45) is 1.08. The highest BCUT2D eigenvalue weighted by Gasteiger charge is 2.39. The van der Waals surface area contributed by atoms with Crippen LogP contribution in [0.15, 0.2) is 30.5 Å². The van der Waals surface area contributed by atoms with Crippen LogP contribution in [-0.4, -0.2) is 82.3 Å². The number of rotatable bonds is 6. The zero-order chi connectivity index (χ0) is 25.4. The smallest absolute Gasteiger partial charge is 0.267 e. The highest BCUT2D eigenvalue weighted by molar-refractivity contribution is 5.99. The fourth-order valence-electron chi connectivity index (χ4n) is 4.72. The topological polar surface area (TPSA) is 144 Å². The normalized spacial score (nSPS) is 20.2. The van der Waals surface area contributed by atoms with Gasteiger partial charge < -0.3 is 25.2 Å². The first-order valence-electron chi connectivity index (χ1n) is 11.5. The Morgan fingerprint density at radius 1 is 1.31 bits per heavy atom. The first-order chi connectivity index (χ1) is 17.4. The van der Waals surface area contributed by atoms with Gasteiger partial charge in [0.05, 0.1) is 36.5 Å². The Hall–Kier alpha value is -3.90. The van der Waals surface area contributed by atoms with E-state index in [1.165, 1.54) is 24.3 Å². The van der Waals surface area contributed by atoms with Gasteiger partial charge in [0.2, 0.25) is 5.88 Å². The van der Waals surface area contributed by atoms with E-state index in [1.54, 1.807) is 18.2 Å². The number of likely N-dealkylation sites (tertiary alicyclic amines) is 1. The van der Waals surface area contributed by atoms with Crippen molar-refractivity contribution in [1.82, 2.24) is 19.9 Å². The first kappa shape index (κ1) is 23.8. The molecule has 0 bridgehead atoms. The van der Waals surface area contributed by atoms with E-state index < -0.39 is 23.9 Å². The number of carbonyl (C=O) groups is 2. The van der Waals surface area contributed by atoms with E-state index in [-0.39, 0.29) is 30.6 Å². The lowest BCUT2D eigenvalue weighted by Gasteiger charge is -2.42. The van der Waals surface area contributed by atoms with Crippen LogP contribution in [0.25, 0.3) is 11.0 Å². The summed E-state index contributed by atoms with van der Waals surface area (Å²) in [5.74, 6) is -0.655. The lowest BCUT2D eigenvalue weighted by atomic mass is 9.98. The number of hydrogen-bond acceptors (Lipinski definition) is 9. The van der Waals surface area contributed by atoms with Gasteiger partial charge in [-0.3, -0.25) is 19.5 Å². The molecule has 3 aromatic heterocycles. The van der Waals surface area contributed by atoms with Gasteiger partial charge in [-0.05, 0) is 31.0 Å². The molecular formula is C24H25FN6O5. The summed E-state index contributed by atoms with van der Waals surface area (Å²) in [6, 6.07) is 5.82. The third kappa shape index (κ3) is 4.40. The van der Waals surface area contributed by atoms with Gasteiger partial charge in [-0.1, -0.05) is 0 Å². The molecule has 2 aliphatic heterocycles.